The zero-order valence-electron chi connectivity index (χ0n) is 16.3. The molecule has 6 nitrogen and oxygen atoms in total. The molecule has 4 N–H and O–H groups in total. The molecule has 1 amide bonds. The molecule has 2 heterocycles. The van der Waals surface area contributed by atoms with E-state index < -0.39 is 0 Å². The number of nitrogens with two attached hydrogens (primary N) is 1. The maximum Gasteiger partial charge on any atom is 0.221 e. The number of thiophene rings is 1. The van der Waals surface area contributed by atoms with Gasteiger partial charge in [-0.1, -0.05) is 0 Å². The number of primary amides is 1. The van der Waals surface area contributed by atoms with Crippen LogP contribution in [0.15, 0.2) is 17.1 Å². The molecule has 0 radical (unpaired) electrons. The fourth-order valence-corrected chi connectivity index (χ4v) is 4.40. The molecule has 2 rings (SSSR count). The summed E-state index contributed by atoms with van der Waals surface area (Å²) >= 11 is 1.85. The van der Waals surface area contributed by atoms with Crippen LogP contribution in [0.4, 0.5) is 0 Å². The van der Waals surface area contributed by atoms with Crippen LogP contribution in [-0.2, 0) is 11.2 Å². The van der Waals surface area contributed by atoms with Crippen LogP contribution < -0.4 is 16.4 Å². The molecule has 1 saturated heterocycles. The van der Waals surface area contributed by atoms with Crippen LogP contribution >= 0.6 is 11.3 Å². The lowest BCUT2D eigenvalue weighted by molar-refractivity contribution is -0.123. The number of hydrogen-bond donors (Lipinski definition) is 3. The second-order valence-electron chi connectivity index (χ2n) is 7.16. The van der Waals surface area contributed by atoms with Crippen LogP contribution in [0, 0.1) is 12.8 Å². The highest BCUT2D eigenvalue weighted by Crippen LogP contribution is 2.17. The summed E-state index contributed by atoms with van der Waals surface area (Å²) in [6, 6.07) is 4.70. The van der Waals surface area contributed by atoms with Crippen molar-refractivity contribution in [3.8, 4) is 0 Å². The molecule has 7 heteroatoms. The minimum atomic E-state index is -0.160. The average molecular weight is 380 g/mol. The smallest absolute Gasteiger partial charge is 0.221 e. The van der Waals surface area contributed by atoms with Crippen LogP contribution in [0.1, 0.15) is 35.9 Å². The van der Waals surface area contributed by atoms with Crippen molar-refractivity contribution < 1.29 is 4.79 Å². The summed E-state index contributed by atoms with van der Waals surface area (Å²) in [7, 11) is 1.80. The Morgan fingerprint density at radius 1 is 1.50 bits per heavy atom. The average Bonchev–Trinajstić information content (AvgIpc) is 3.02. The summed E-state index contributed by atoms with van der Waals surface area (Å²) in [5.74, 6) is 0.708. The largest absolute Gasteiger partial charge is 0.369 e. The fourth-order valence-electron chi connectivity index (χ4n) is 3.38. The summed E-state index contributed by atoms with van der Waals surface area (Å²) in [5.41, 5.74) is 5.44. The maximum absolute atomic E-state index is 11.4. The standard InChI is InChI=1S/C19H33N5OS/c1-14(12-17-8-7-15(2)26-17)23-19(21-3)22-9-5-11-24-10-4-6-16(13-24)18(20)25/h7-8,14,16H,4-6,9-13H2,1-3H3,(H2,20,25)(H2,21,22,23). The van der Waals surface area contributed by atoms with Gasteiger partial charge < -0.3 is 21.3 Å². The Kier molecular flexibility index (Phi) is 8.38. The van der Waals surface area contributed by atoms with Gasteiger partial charge in [0.25, 0.3) is 0 Å². The third kappa shape index (κ3) is 6.96. The first kappa shape index (κ1) is 20.7. The monoisotopic (exact) mass is 379 g/mol. The number of nitrogens with zero attached hydrogens (tertiary/aromatic N) is 2. The Morgan fingerprint density at radius 3 is 2.96 bits per heavy atom. The van der Waals surface area contributed by atoms with Gasteiger partial charge in [-0.25, -0.2) is 0 Å². The molecule has 26 heavy (non-hydrogen) atoms. The van der Waals surface area contributed by atoms with Gasteiger partial charge >= 0.3 is 0 Å². The van der Waals surface area contributed by atoms with Gasteiger partial charge in [-0.2, -0.15) is 0 Å². The molecule has 0 spiro atoms. The van der Waals surface area contributed by atoms with E-state index in [9.17, 15) is 4.79 Å². The zero-order chi connectivity index (χ0) is 18.9. The second kappa shape index (κ2) is 10.5. The number of guanidine groups is 1. The van der Waals surface area contributed by atoms with Crippen molar-refractivity contribution in [3.63, 3.8) is 0 Å². The lowest BCUT2D eigenvalue weighted by Gasteiger charge is -2.31. The first-order valence-electron chi connectivity index (χ1n) is 9.52. The third-order valence-electron chi connectivity index (χ3n) is 4.76. The first-order chi connectivity index (χ1) is 12.5. The number of nitrogens with one attached hydrogen (secondary N) is 2. The van der Waals surface area contributed by atoms with E-state index in [1.54, 1.807) is 7.05 Å². The fraction of sp³-hybridized carbons (Fsp3) is 0.684. The Balaban J connectivity index is 1.64. The molecule has 146 valence electrons. The molecule has 1 aliphatic heterocycles. The summed E-state index contributed by atoms with van der Waals surface area (Å²) < 4.78 is 0. The number of carbonyl (C=O) groups excluding carboxylic acids is 1. The Hall–Kier alpha value is -1.60. The lowest BCUT2D eigenvalue weighted by atomic mass is 9.97. The molecule has 0 aromatic carbocycles. The summed E-state index contributed by atoms with van der Waals surface area (Å²) in [6.45, 7) is 8.04. The van der Waals surface area contributed by atoms with Gasteiger partial charge in [0.05, 0.1) is 5.92 Å². The molecular formula is C19H33N5OS. The number of amides is 1. The van der Waals surface area contributed by atoms with Crippen molar-refractivity contribution in [1.29, 1.82) is 0 Å². The van der Waals surface area contributed by atoms with Crippen molar-refractivity contribution in [3.05, 3.63) is 21.9 Å². The first-order valence-corrected chi connectivity index (χ1v) is 10.3. The van der Waals surface area contributed by atoms with E-state index in [2.05, 4.69) is 46.5 Å². The maximum atomic E-state index is 11.4. The van der Waals surface area contributed by atoms with Crippen LogP contribution in [0.2, 0.25) is 0 Å². The number of likely N-dealkylation sites (tertiary alicyclic amines) is 1. The second-order valence-corrected chi connectivity index (χ2v) is 8.53. The predicted octanol–water partition coefficient (Wildman–Crippen LogP) is 1.74. The van der Waals surface area contributed by atoms with E-state index in [0.717, 1.165) is 57.8 Å². The van der Waals surface area contributed by atoms with Crippen LogP contribution in [0.25, 0.3) is 0 Å². The SMILES string of the molecule is CN=C(NCCCN1CCCC(C(N)=O)C1)NC(C)Cc1ccc(C)s1. The summed E-state index contributed by atoms with van der Waals surface area (Å²) in [6.07, 6.45) is 4.01. The molecule has 2 atom stereocenters. The van der Waals surface area contributed by atoms with Crippen molar-refractivity contribution in [2.45, 2.75) is 45.6 Å². The third-order valence-corrected chi connectivity index (χ3v) is 5.78. The highest BCUT2D eigenvalue weighted by atomic mass is 32.1. The van der Waals surface area contributed by atoms with Gasteiger partial charge in [-0.15, -0.1) is 11.3 Å². The molecule has 0 bridgehead atoms. The number of aliphatic imine (C=N–C) groups is 1. The molecule has 1 fully saturated rings. The van der Waals surface area contributed by atoms with Gasteiger partial charge in [0.15, 0.2) is 5.96 Å². The predicted molar refractivity (Wildman–Crippen MR) is 110 cm³/mol. The molecule has 0 saturated carbocycles. The normalized spacial score (nSPS) is 20.0. The van der Waals surface area contributed by atoms with Crippen molar-refractivity contribution >= 4 is 23.2 Å². The zero-order valence-corrected chi connectivity index (χ0v) is 17.1. The molecule has 1 aromatic heterocycles. The van der Waals surface area contributed by atoms with Gasteiger partial charge in [0, 0.05) is 42.4 Å². The van der Waals surface area contributed by atoms with E-state index in [0.29, 0.717) is 6.04 Å². The number of piperidine rings is 1. The van der Waals surface area contributed by atoms with Crippen molar-refractivity contribution in [2.75, 3.05) is 33.2 Å². The van der Waals surface area contributed by atoms with Gasteiger partial charge in [-0.3, -0.25) is 9.79 Å². The number of rotatable bonds is 8. The number of hydrogen-bond acceptors (Lipinski definition) is 4. The van der Waals surface area contributed by atoms with E-state index in [1.807, 2.05) is 11.3 Å². The minimum Gasteiger partial charge on any atom is -0.369 e. The number of carbonyl (C=O) groups is 1. The Labute approximate surface area is 161 Å². The van der Waals surface area contributed by atoms with E-state index in [1.165, 1.54) is 9.75 Å². The Bertz CT molecular complexity index is 601. The highest BCUT2D eigenvalue weighted by Gasteiger charge is 2.23. The molecule has 0 aliphatic carbocycles. The Morgan fingerprint density at radius 2 is 2.31 bits per heavy atom. The van der Waals surface area contributed by atoms with Crippen LogP contribution in [-0.4, -0.2) is 56.0 Å². The molecule has 2 unspecified atom stereocenters. The highest BCUT2D eigenvalue weighted by molar-refractivity contribution is 7.11. The van der Waals surface area contributed by atoms with Crippen LogP contribution in [0.3, 0.4) is 0 Å². The quantitative estimate of drug-likeness (QED) is 0.365. The van der Waals surface area contributed by atoms with E-state index >= 15 is 0 Å². The van der Waals surface area contributed by atoms with Gasteiger partial charge in [0.1, 0.15) is 0 Å². The number of aryl methyl sites for hydroxylation is 1. The summed E-state index contributed by atoms with van der Waals surface area (Å²) in [5, 5.41) is 6.84. The molecule has 1 aliphatic rings. The lowest BCUT2D eigenvalue weighted by Crippen LogP contribution is -2.44. The molecule has 1 aromatic rings. The minimum absolute atomic E-state index is 0.0212. The van der Waals surface area contributed by atoms with Gasteiger partial charge in [-0.05, 0) is 58.3 Å². The van der Waals surface area contributed by atoms with E-state index in [-0.39, 0.29) is 11.8 Å². The summed E-state index contributed by atoms with van der Waals surface area (Å²) in [4.78, 5) is 20.8. The van der Waals surface area contributed by atoms with Crippen LogP contribution in [0.5, 0.6) is 0 Å². The van der Waals surface area contributed by atoms with Crippen molar-refractivity contribution in [2.24, 2.45) is 16.6 Å². The van der Waals surface area contributed by atoms with E-state index in [4.69, 9.17) is 5.73 Å². The topological polar surface area (TPSA) is 82.8 Å². The van der Waals surface area contributed by atoms with Gasteiger partial charge in [0.2, 0.25) is 5.91 Å². The molecular weight excluding hydrogens is 346 g/mol. The van der Waals surface area contributed by atoms with Crippen molar-refractivity contribution in [1.82, 2.24) is 15.5 Å².